The molecule has 0 fully saturated rings. The van der Waals surface area contributed by atoms with Gasteiger partial charge in [-0.1, -0.05) is 41.4 Å². The standard InChI is InChI=1S/C22H19F3N2O4S/c1-14-8-9-19(20(28)26-12-15-4-2-5-16(10-15)13-32(30)31)21(29)27(14)18-7-3-6-17(11-18)22(23,24)25/h2-11H,12-13H2,1H3,(H,26,28)(H,30,31)/p-1. The van der Waals surface area contributed by atoms with Crippen LogP contribution in [0.25, 0.3) is 5.69 Å². The van der Waals surface area contributed by atoms with E-state index in [4.69, 9.17) is 0 Å². The van der Waals surface area contributed by atoms with Crippen LogP contribution < -0.4 is 10.9 Å². The molecule has 3 aromatic rings. The molecule has 1 N–H and O–H groups in total. The highest BCUT2D eigenvalue weighted by Gasteiger charge is 2.30. The van der Waals surface area contributed by atoms with E-state index >= 15 is 0 Å². The van der Waals surface area contributed by atoms with Crippen LogP contribution in [0.1, 0.15) is 32.7 Å². The van der Waals surface area contributed by atoms with Crippen LogP contribution in [0, 0.1) is 6.92 Å². The van der Waals surface area contributed by atoms with E-state index in [1.165, 1.54) is 24.3 Å². The quantitative estimate of drug-likeness (QED) is 0.567. The average Bonchev–Trinajstić information content (AvgIpc) is 2.71. The smallest absolute Gasteiger partial charge is 0.416 e. The maximum Gasteiger partial charge on any atom is 0.416 e. The molecule has 168 valence electrons. The first-order valence-electron chi connectivity index (χ1n) is 9.38. The van der Waals surface area contributed by atoms with Crippen molar-refractivity contribution in [2.75, 3.05) is 0 Å². The third-order valence-electron chi connectivity index (χ3n) is 4.68. The van der Waals surface area contributed by atoms with Crippen LogP contribution in [0.2, 0.25) is 0 Å². The molecular formula is C22H18F3N2O4S-. The summed E-state index contributed by atoms with van der Waals surface area (Å²) in [4.78, 5) is 25.6. The molecule has 0 saturated carbocycles. The van der Waals surface area contributed by atoms with Gasteiger partial charge >= 0.3 is 6.18 Å². The van der Waals surface area contributed by atoms with Gasteiger partial charge in [0.2, 0.25) is 0 Å². The monoisotopic (exact) mass is 463 g/mol. The summed E-state index contributed by atoms with van der Waals surface area (Å²) in [7, 11) is 0. The van der Waals surface area contributed by atoms with Crippen LogP contribution in [0.5, 0.6) is 0 Å². The number of nitrogens with one attached hydrogen (secondary N) is 1. The second-order valence-corrected chi connectivity index (χ2v) is 7.92. The number of benzene rings is 2. The number of hydrogen-bond donors (Lipinski definition) is 1. The van der Waals surface area contributed by atoms with Crippen molar-refractivity contribution in [3.63, 3.8) is 0 Å². The van der Waals surface area contributed by atoms with Gasteiger partial charge in [0.05, 0.1) is 5.56 Å². The minimum absolute atomic E-state index is 0.00436. The highest BCUT2D eigenvalue weighted by molar-refractivity contribution is 7.78. The van der Waals surface area contributed by atoms with Crippen LogP contribution in [-0.2, 0) is 29.6 Å². The second-order valence-electron chi connectivity index (χ2n) is 7.03. The fraction of sp³-hybridized carbons (Fsp3) is 0.182. The Morgan fingerprint density at radius 1 is 1.06 bits per heavy atom. The molecule has 0 aliphatic carbocycles. The number of nitrogens with zero attached hydrogens (tertiary/aromatic N) is 1. The Morgan fingerprint density at radius 3 is 2.44 bits per heavy atom. The molecule has 1 heterocycles. The Hall–Kier alpha value is -3.24. The summed E-state index contributed by atoms with van der Waals surface area (Å²) < 4.78 is 62.0. The zero-order valence-electron chi connectivity index (χ0n) is 16.8. The first-order valence-corrected chi connectivity index (χ1v) is 10.6. The summed E-state index contributed by atoms with van der Waals surface area (Å²) in [6.07, 6.45) is -4.57. The van der Waals surface area contributed by atoms with Gasteiger partial charge in [0.1, 0.15) is 5.56 Å². The van der Waals surface area contributed by atoms with Gasteiger partial charge in [-0.15, -0.1) is 0 Å². The minimum Gasteiger partial charge on any atom is -0.772 e. The van der Waals surface area contributed by atoms with Crippen molar-refractivity contribution in [1.82, 2.24) is 9.88 Å². The van der Waals surface area contributed by atoms with Crippen molar-refractivity contribution in [3.05, 3.63) is 99.0 Å². The topological polar surface area (TPSA) is 91.2 Å². The predicted molar refractivity (Wildman–Crippen MR) is 112 cm³/mol. The number of carbonyl (C=O) groups is 1. The lowest BCUT2D eigenvalue weighted by Gasteiger charge is -2.14. The molecule has 10 heteroatoms. The number of halogens is 3. The van der Waals surface area contributed by atoms with Gasteiger partial charge in [-0.3, -0.25) is 18.4 Å². The number of carbonyl (C=O) groups excluding carboxylic acids is 1. The molecular weight excluding hydrogens is 445 g/mol. The van der Waals surface area contributed by atoms with Crippen molar-refractivity contribution < 1.29 is 26.7 Å². The normalized spacial score (nSPS) is 12.4. The Morgan fingerprint density at radius 2 is 1.75 bits per heavy atom. The fourth-order valence-electron chi connectivity index (χ4n) is 3.19. The van der Waals surface area contributed by atoms with E-state index in [0.29, 0.717) is 16.8 Å². The second kappa shape index (κ2) is 9.49. The molecule has 0 aliphatic heterocycles. The Bertz CT molecular complexity index is 1240. The maximum absolute atomic E-state index is 13.1. The lowest BCUT2D eigenvalue weighted by molar-refractivity contribution is -0.137. The number of rotatable bonds is 6. The molecule has 1 unspecified atom stereocenters. The van der Waals surface area contributed by atoms with Crippen molar-refractivity contribution in [3.8, 4) is 5.69 Å². The predicted octanol–water partition coefficient (Wildman–Crippen LogP) is 3.47. The molecule has 3 rings (SSSR count). The zero-order valence-corrected chi connectivity index (χ0v) is 17.6. The molecule has 0 spiro atoms. The molecule has 6 nitrogen and oxygen atoms in total. The SMILES string of the molecule is Cc1ccc(C(=O)NCc2cccc(CS(=O)[O-])c2)c(=O)n1-c1cccc(C(F)(F)F)c1. The summed E-state index contributed by atoms with van der Waals surface area (Å²) in [5.74, 6) is -0.866. The molecule has 0 aliphatic rings. The number of amides is 1. The Balaban J connectivity index is 1.87. The summed E-state index contributed by atoms with van der Waals surface area (Å²) in [5.41, 5.74) is -0.351. The van der Waals surface area contributed by atoms with Gasteiger partial charge in [0, 0.05) is 23.7 Å². The molecule has 32 heavy (non-hydrogen) atoms. The molecule has 0 radical (unpaired) electrons. The van der Waals surface area contributed by atoms with Crippen LogP contribution in [-0.4, -0.2) is 19.2 Å². The highest BCUT2D eigenvalue weighted by Crippen LogP contribution is 2.30. The van der Waals surface area contributed by atoms with Gasteiger partial charge < -0.3 is 9.87 Å². The van der Waals surface area contributed by atoms with Gasteiger partial charge in [-0.25, -0.2) is 0 Å². The molecule has 0 saturated heterocycles. The van der Waals surface area contributed by atoms with Crippen molar-refractivity contribution >= 4 is 17.0 Å². The lowest BCUT2D eigenvalue weighted by atomic mass is 10.1. The molecule has 0 bridgehead atoms. The number of aromatic nitrogens is 1. The zero-order chi connectivity index (χ0) is 23.5. The van der Waals surface area contributed by atoms with E-state index in [1.807, 2.05) is 0 Å². The number of alkyl halides is 3. The Kier molecular flexibility index (Phi) is 6.95. The van der Waals surface area contributed by atoms with Gasteiger partial charge in [-0.2, -0.15) is 13.2 Å². The minimum atomic E-state index is -4.57. The van der Waals surface area contributed by atoms with Crippen LogP contribution >= 0.6 is 0 Å². The maximum atomic E-state index is 13.1. The largest absolute Gasteiger partial charge is 0.772 e. The summed E-state index contributed by atoms with van der Waals surface area (Å²) >= 11 is -2.25. The molecule has 1 aromatic heterocycles. The Labute approximate surface area is 184 Å². The lowest BCUT2D eigenvalue weighted by Crippen LogP contribution is -2.33. The van der Waals surface area contributed by atoms with Gasteiger partial charge in [0.15, 0.2) is 0 Å². The van der Waals surface area contributed by atoms with E-state index in [1.54, 1.807) is 31.2 Å². The van der Waals surface area contributed by atoms with Crippen molar-refractivity contribution in [2.45, 2.75) is 25.4 Å². The van der Waals surface area contributed by atoms with Crippen LogP contribution in [0.15, 0.2) is 65.5 Å². The van der Waals surface area contributed by atoms with Crippen LogP contribution in [0.4, 0.5) is 13.2 Å². The van der Waals surface area contributed by atoms with Crippen molar-refractivity contribution in [2.24, 2.45) is 0 Å². The van der Waals surface area contributed by atoms with Gasteiger partial charge in [0.25, 0.3) is 11.5 Å². The summed E-state index contributed by atoms with van der Waals surface area (Å²) in [6.45, 7) is 1.59. The molecule has 1 atom stereocenters. The number of pyridine rings is 1. The summed E-state index contributed by atoms with van der Waals surface area (Å²) in [5, 5.41) is 2.58. The molecule has 2 aromatic carbocycles. The van der Waals surface area contributed by atoms with Crippen LogP contribution in [0.3, 0.4) is 0 Å². The van der Waals surface area contributed by atoms with E-state index in [2.05, 4.69) is 5.32 Å². The third kappa shape index (κ3) is 5.51. The first-order chi connectivity index (χ1) is 15.1. The average molecular weight is 463 g/mol. The fourth-order valence-corrected chi connectivity index (χ4v) is 3.64. The van der Waals surface area contributed by atoms with E-state index in [0.717, 1.165) is 16.7 Å². The molecule has 1 amide bonds. The summed E-state index contributed by atoms with van der Waals surface area (Å²) in [6, 6.07) is 13.7. The first kappa shape index (κ1) is 23.4. The third-order valence-corrected chi connectivity index (χ3v) is 5.25. The highest BCUT2D eigenvalue weighted by atomic mass is 32.2. The number of aryl methyl sites for hydroxylation is 1. The number of hydrogen-bond acceptors (Lipinski definition) is 4. The van der Waals surface area contributed by atoms with Gasteiger partial charge in [-0.05, 0) is 48.4 Å². The van der Waals surface area contributed by atoms with E-state index < -0.39 is 34.3 Å². The van der Waals surface area contributed by atoms with E-state index in [9.17, 15) is 31.5 Å². The van der Waals surface area contributed by atoms with E-state index in [-0.39, 0.29) is 23.5 Å². The van der Waals surface area contributed by atoms with Crippen molar-refractivity contribution in [1.29, 1.82) is 0 Å².